The van der Waals surface area contributed by atoms with Crippen LogP contribution in [0, 0.1) is 0 Å². The summed E-state index contributed by atoms with van der Waals surface area (Å²) in [5, 5.41) is 24.2. The average molecular weight is 623 g/mol. The van der Waals surface area contributed by atoms with Crippen LogP contribution in [0.2, 0.25) is 0 Å². The molecule has 1 aliphatic rings. The molecule has 0 bridgehead atoms. The maximum Gasteiger partial charge on any atom is 0.115 e. The van der Waals surface area contributed by atoms with Crippen LogP contribution in [-0.4, -0.2) is 19.3 Å². The Labute approximate surface area is 279 Å². The van der Waals surface area contributed by atoms with E-state index in [2.05, 4.69) is 130 Å². The lowest BCUT2D eigenvalue weighted by molar-refractivity contribution is 0.473. The van der Waals surface area contributed by atoms with Crippen LogP contribution < -0.4 is 0 Å². The molecule has 8 aromatic rings. The summed E-state index contributed by atoms with van der Waals surface area (Å²) in [7, 11) is 0. The van der Waals surface area contributed by atoms with Gasteiger partial charge in [0.1, 0.15) is 11.5 Å². The highest BCUT2D eigenvalue weighted by molar-refractivity contribution is 5.94. The molecule has 2 atom stereocenters. The van der Waals surface area contributed by atoms with Gasteiger partial charge in [0.05, 0.1) is 11.8 Å². The van der Waals surface area contributed by atoms with Gasteiger partial charge in [-0.25, -0.2) is 0 Å². The quantitative estimate of drug-likeness (QED) is 0.194. The van der Waals surface area contributed by atoms with Crippen LogP contribution in [-0.2, 0) is 13.1 Å². The highest BCUT2D eigenvalue weighted by atomic mass is 16.3. The Kier molecular flexibility index (Phi) is 6.68. The van der Waals surface area contributed by atoms with Crippen molar-refractivity contribution in [3.8, 4) is 11.5 Å². The second-order valence-electron chi connectivity index (χ2n) is 12.8. The van der Waals surface area contributed by atoms with Gasteiger partial charge < -0.3 is 19.3 Å². The van der Waals surface area contributed by atoms with Crippen LogP contribution in [0.15, 0.2) is 158 Å². The minimum atomic E-state index is -0.159. The molecule has 2 N–H and O–H groups in total. The fourth-order valence-electron chi connectivity index (χ4n) is 8.13. The Morgan fingerprint density at radius 2 is 0.812 bits per heavy atom. The van der Waals surface area contributed by atoms with Crippen LogP contribution in [0.1, 0.15) is 56.6 Å². The first kappa shape index (κ1) is 28.2. The molecule has 232 valence electrons. The highest BCUT2D eigenvalue weighted by Crippen LogP contribution is 2.55. The van der Waals surface area contributed by atoms with Gasteiger partial charge in [-0.1, -0.05) is 121 Å². The molecule has 4 heteroatoms. The van der Waals surface area contributed by atoms with E-state index in [1.165, 1.54) is 55.4 Å². The van der Waals surface area contributed by atoms with Gasteiger partial charge in [0.2, 0.25) is 0 Å². The summed E-state index contributed by atoms with van der Waals surface area (Å²) in [6.45, 7) is 1.41. The molecule has 6 aromatic carbocycles. The van der Waals surface area contributed by atoms with E-state index in [-0.39, 0.29) is 23.3 Å². The summed E-state index contributed by atoms with van der Waals surface area (Å²) in [5.74, 6) is 0.191. The number of hydrogen-bond acceptors (Lipinski definition) is 2. The fourth-order valence-corrected chi connectivity index (χ4v) is 8.13. The number of phenols is 2. The third kappa shape index (κ3) is 4.52. The first-order valence-corrected chi connectivity index (χ1v) is 16.5. The lowest BCUT2D eigenvalue weighted by Crippen LogP contribution is -2.24. The van der Waals surface area contributed by atoms with Gasteiger partial charge in [0, 0.05) is 46.3 Å². The molecular weight excluding hydrogens is 588 g/mol. The van der Waals surface area contributed by atoms with E-state index in [1.807, 2.05) is 24.3 Å². The molecule has 0 saturated carbocycles. The molecule has 0 radical (unpaired) electrons. The summed E-state index contributed by atoms with van der Waals surface area (Å²) >= 11 is 0. The zero-order valence-electron chi connectivity index (χ0n) is 26.4. The van der Waals surface area contributed by atoms with Crippen molar-refractivity contribution in [1.82, 2.24) is 9.13 Å². The maximum absolute atomic E-state index is 10.9. The van der Waals surface area contributed by atoms with Crippen LogP contribution >= 0.6 is 0 Å². The predicted molar refractivity (Wildman–Crippen MR) is 193 cm³/mol. The van der Waals surface area contributed by atoms with E-state index < -0.39 is 0 Å². The molecule has 0 fully saturated rings. The van der Waals surface area contributed by atoms with E-state index >= 15 is 0 Å². The Bertz CT molecular complexity index is 2270. The van der Waals surface area contributed by atoms with Gasteiger partial charge in [-0.3, -0.25) is 0 Å². The van der Waals surface area contributed by atoms with Crippen molar-refractivity contribution in [2.24, 2.45) is 0 Å². The number of phenolic OH excluding ortho intramolecular Hbond substituents is 2. The van der Waals surface area contributed by atoms with E-state index in [9.17, 15) is 10.2 Å². The normalized spacial score (nSPS) is 15.4. The number of para-hydroxylation sites is 2. The molecule has 2 aromatic heterocycles. The molecule has 0 spiro atoms. The van der Waals surface area contributed by atoms with Gasteiger partial charge in [-0.15, -0.1) is 0 Å². The molecular formula is C44H34N2O2. The lowest BCUT2D eigenvalue weighted by Gasteiger charge is -2.34. The zero-order chi connectivity index (χ0) is 32.2. The SMILES string of the molecule is Oc1cccc(C2c3c(n(Cc4ccccc4)c4ccccc34)C(c3cccc(O)c3)c3c2n(Cc2ccccc2)c2ccccc32)c1. The molecule has 4 nitrogen and oxygen atoms in total. The van der Waals surface area contributed by atoms with Gasteiger partial charge in [-0.2, -0.15) is 0 Å². The summed E-state index contributed by atoms with van der Waals surface area (Å²) in [6, 6.07) is 54.4. The van der Waals surface area contributed by atoms with Crippen molar-refractivity contribution in [1.29, 1.82) is 0 Å². The minimum Gasteiger partial charge on any atom is -0.508 e. The van der Waals surface area contributed by atoms with Crippen molar-refractivity contribution in [2.75, 3.05) is 0 Å². The smallest absolute Gasteiger partial charge is 0.115 e. The van der Waals surface area contributed by atoms with Crippen molar-refractivity contribution in [3.63, 3.8) is 0 Å². The third-order valence-corrected chi connectivity index (χ3v) is 10.0. The summed E-state index contributed by atoms with van der Waals surface area (Å²) in [5.41, 5.74) is 11.8. The minimum absolute atomic E-state index is 0.159. The monoisotopic (exact) mass is 622 g/mol. The van der Waals surface area contributed by atoms with Gasteiger partial charge >= 0.3 is 0 Å². The first-order chi connectivity index (χ1) is 23.7. The number of aromatic nitrogens is 2. The zero-order valence-corrected chi connectivity index (χ0v) is 26.4. The van der Waals surface area contributed by atoms with Gasteiger partial charge in [-0.05, 0) is 69.8 Å². The largest absolute Gasteiger partial charge is 0.508 e. The molecule has 48 heavy (non-hydrogen) atoms. The van der Waals surface area contributed by atoms with Crippen LogP contribution in [0.4, 0.5) is 0 Å². The second kappa shape index (κ2) is 11.4. The maximum atomic E-state index is 10.9. The molecule has 1 aliphatic carbocycles. The van der Waals surface area contributed by atoms with Crippen LogP contribution in [0.25, 0.3) is 21.8 Å². The number of hydrogen-bond donors (Lipinski definition) is 2. The fraction of sp³-hybridized carbons (Fsp3) is 0.0909. The second-order valence-corrected chi connectivity index (χ2v) is 12.8. The number of benzene rings is 6. The summed E-state index contributed by atoms with van der Waals surface area (Å²) in [6.07, 6.45) is 0. The van der Waals surface area contributed by atoms with Crippen LogP contribution in [0.5, 0.6) is 11.5 Å². The number of aromatic hydroxyl groups is 2. The van der Waals surface area contributed by atoms with Crippen LogP contribution in [0.3, 0.4) is 0 Å². The number of nitrogens with zero attached hydrogens (tertiary/aromatic N) is 2. The highest BCUT2D eigenvalue weighted by Gasteiger charge is 2.42. The molecule has 0 aliphatic heterocycles. The van der Waals surface area contributed by atoms with E-state index in [1.54, 1.807) is 12.1 Å². The molecule has 0 saturated heterocycles. The summed E-state index contributed by atoms with van der Waals surface area (Å²) < 4.78 is 4.99. The average Bonchev–Trinajstić information content (AvgIpc) is 3.61. The lowest BCUT2D eigenvalue weighted by atomic mass is 9.72. The van der Waals surface area contributed by atoms with Crippen molar-refractivity contribution in [3.05, 3.63) is 202 Å². The molecule has 9 rings (SSSR count). The Morgan fingerprint density at radius 3 is 1.23 bits per heavy atom. The van der Waals surface area contributed by atoms with Crippen molar-refractivity contribution >= 4 is 21.8 Å². The van der Waals surface area contributed by atoms with Crippen molar-refractivity contribution in [2.45, 2.75) is 24.9 Å². The predicted octanol–water partition coefficient (Wildman–Crippen LogP) is 9.78. The van der Waals surface area contributed by atoms with Gasteiger partial charge in [0.15, 0.2) is 0 Å². The molecule has 2 unspecified atom stereocenters. The Balaban J connectivity index is 1.46. The standard InChI is InChI=1S/C44H34N2O2/c47-33-19-11-17-31(25-33)39-42-36-22-8-10-24-38(36)46(28-30-15-5-2-6-16-30)44(42)40(32-18-12-20-34(48)26-32)41-35-21-7-9-23-37(35)45(43(39)41)27-29-13-3-1-4-14-29/h1-26,39-40,47-48H,27-28H2. The summed E-state index contributed by atoms with van der Waals surface area (Å²) in [4.78, 5) is 0. The number of rotatable bonds is 6. The van der Waals surface area contributed by atoms with E-state index in [4.69, 9.17) is 0 Å². The Morgan fingerprint density at radius 1 is 0.417 bits per heavy atom. The third-order valence-electron chi connectivity index (χ3n) is 10.0. The molecule has 2 heterocycles. The molecule has 0 amide bonds. The first-order valence-electron chi connectivity index (χ1n) is 16.5. The Hall–Kier alpha value is -6.00. The number of fused-ring (bicyclic) bond motifs is 6. The topological polar surface area (TPSA) is 50.3 Å². The van der Waals surface area contributed by atoms with Crippen molar-refractivity contribution < 1.29 is 10.2 Å². The van der Waals surface area contributed by atoms with E-state index in [0.717, 1.165) is 11.1 Å². The van der Waals surface area contributed by atoms with E-state index in [0.29, 0.717) is 13.1 Å². The van der Waals surface area contributed by atoms with Gasteiger partial charge in [0.25, 0.3) is 0 Å².